The minimum atomic E-state index is -0.289. The van der Waals surface area contributed by atoms with Gasteiger partial charge >= 0.3 is 0 Å². The van der Waals surface area contributed by atoms with Crippen LogP contribution in [0.3, 0.4) is 0 Å². The van der Waals surface area contributed by atoms with Gasteiger partial charge in [-0.3, -0.25) is 9.59 Å². The molecule has 0 saturated heterocycles. The van der Waals surface area contributed by atoms with E-state index in [-0.39, 0.29) is 42.1 Å². The van der Waals surface area contributed by atoms with E-state index in [2.05, 4.69) is 5.32 Å². The van der Waals surface area contributed by atoms with Crippen LogP contribution < -0.4 is 10.1 Å². The lowest BCUT2D eigenvalue weighted by molar-refractivity contribution is -0.121. The van der Waals surface area contributed by atoms with E-state index >= 15 is 0 Å². The second-order valence-corrected chi connectivity index (χ2v) is 7.36. The molecule has 0 unspecified atom stereocenters. The van der Waals surface area contributed by atoms with Crippen LogP contribution in [-0.4, -0.2) is 23.4 Å². The van der Waals surface area contributed by atoms with Crippen molar-refractivity contribution in [3.63, 3.8) is 0 Å². The first-order valence-corrected chi connectivity index (χ1v) is 10.4. The van der Waals surface area contributed by atoms with Crippen molar-refractivity contribution in [1.82, 2.24) is 5.32 Å². The van der Waals surface area contributed by atoms with E-state index in [1.165, 1.54) is 18.2 Å². The van der Waals surface area contributed by atoms with Crippen molar-refractivity contribution in [1.29, 1.82) is 0 Å². The first kappa shape index (κ1) is 22.1. The van der Waals surface area contributed by atoms with Crippen LogP contribution in [0.2, 0.25) is 0 Å². The van der Waals surface area contributed by atoms with Crippen LogP contribution >= 0.6 is 0 Å². The SMILES string of the molecule is CCOc1cc(C(=O)CCC(=O)N[C@@H](c2ccccc2)c2ccc(C)cc2)ccc1O. The van der Waals surface area contributed by atoms with Crippen molar-refractivity contribution < 1.29 is 19.4 Å². The fraction of sp³-hybridized carbons (Fsp3) is 0.231. The van der Waals surface area contributed by atoms with Gasteiger partial charge in [-0.15, -0.1) is 0 Å². The van der Waals surface area contributed by atoms with Crippen molar-refractivity contribution in [2.45, 2.75) is 32.7 Å². The Balaban J connectivity index is 1.68. The molecule has 5 heteroatoms. The summed E-state index contributed by atoms with van der Waals surface area (Å²) in [4.78, 5) is 25.3. The molecule has 0 heterocycles. The standard InChI is InChI=1S/C26H27NO4/c1-3-31-24-17-21(13-14-23(24)29)22(28)15-16-25(30)27-26(19-7-5-4-6-8-19)20-11-9-18(2)10-12-20/h4-14,17,26,29H,3,15-16H2,1-2H3,(H,27,30)/t26-/m0/s1. The van der Waals surface area contributed by atoms with Crippen LogP contribution in [-0.2, 0) is 4.79 Å². The Kier molecular flexibility index (Phi) is 7.44. The van der Waals surface area contributed by atoms with Crippen LogP contribution in [0.15, 0.2) is 72.8 Å². The number of hydrogen-bond acceptors (Lipinski definition) is 4. The van der Waals surface area contributed by atoms with Gasteiger partial charge in [0, 0.05) is 18.4 Å². The van der Waals surface area contributed by atoms with E-state index in [0.717, 1.165) is 16.7 Å². The number of rotatable bonds is 9. The molecular formula is C26H27NO4. The first-order valence-electron chi connectivity index (χ1n) is 10.4. The van der Waals surface area contributed by atoms with Crippen molar-refractivity contribution in [3.05, 3.63) is 95.1 Å². The summed E-state index contributed by atoms with van der Waals surface area (Å²) < 4.78 is 5.33. The Bertz CT molecular complexity index is 1030. The third-order valence-corrected chi connectivity index (χ3v) is 5.01. The molecule has 3 aromatic rings. The largest absolute Gasteiger partial charge is 0.504 e. The molecule has 0 aliphatic heterocycles. The molecule has 0 aromatic heterocycles. The number of ketones is 1. The fourth-order valence-corrected chi connectivity index (χ4v) is 3.33. The zero-order chi connectivity index (χ0) is 22.2. The summed E-state index contributed by atoms with van der Waals surface area (Å²) in [6.45, 7) is 4.20. The zero-order valence-electron chi connectivity index (χ0n) is 17.8. The number of nitrogens with one attached hydrogen (secondary N) is 1. The Morgan fingerprint density at radius 3 is 2.29 bits per heavy atom. The smallest absolute Gasteiger partial charge is 0.221 e. The molecule has 160 valence electrons. The number of carbonyl (C=O) groups excluding carboxylic acids is 2. The Hall–Kier alpha value is -3.60. The minimum absolute atomic E-state index is 0.0139. The number of hydrogen-bond donors (Lipinski definition) is 2. The van der Waals surface area contributed by atoms with Crippen LogP contribution in [0.4, 0.5) is 0 Å². The fourth-order valence-electron chi connectivity index (χ4n) is 3.33. The number of phenolic OH excluding ortho intramolecular Hbond substituents is 1. The van der Waals surface area contributed by atoms with E-state index in [1.807, 2.05) is 61.5 Å². The molecule has 0 aliphatic rings. The maximum Gasteiger partial charge on any atom is 0.221 e. The highest BCUT2D eigenvalue weighted by molar-refractivity contribution is 5.98. The highest BCUT2D eigenvalue weighted by atomic mass is 16.5. The zero-order valence-corrected chi connectivity index (χ0v) is 17.8. The Morgan fingerprint density at radius 2 is 1.61 bits per heavy atom. The Morgan fingerprint density at radius 1 is 0.935 bits per heavy atom. The van der Waals surface area contributed by atoms with Crippen molar-refractivity contribution in [3.8, 4) is 11.5 Å². The van der Waals surface area contributed by atoms with Crippen molar-refractivity contribution in [2.24, 2.45) is 0 Å². The van der Waals surface area contributed by atoms with Crippen LogP contribution in [0.5, 0.6) is 11.5 Å². The lowest BCUT2D eigenvalue weighted by Gasteiger charge is -2.20. The maximum absolute atomic E-state index is 12.7. The molecule has 0 saturated carbocycles. The summed E-state index contributed by atoms with van der Waals surface area (Å²) >= 11 is 0. The van der Waals surface area contributed by atoms with Gasteiger partial charge in [0.25, 0.3) is 0 Å². The molecule has 0 aliphatic carbocycles. The summed E-state index contributed by atoms with van der Waals surface area (Å²) in [6.07, 6.45) is 0.135. The molecule has 3 rings (SSSR count). The number of Topliss-reactive ketones (excluding diaryl/α,β-unsaturated/α-hetero) is 1. The maximum atomic E-state index is 12.7. The first-order chi connectivity index (χ1) is 15.0. The highest BCUT2D eigenvalue weighted by Gasteiger charge is 2.18. The van der Waals surface area contributed by atoms with Crippen LogP contribution in [0.25, 0.3) is 0 Å². The molecule has 1 amide bonds. The van der Waals surface area contributed by atoms with E-state index < -0.39 is 0 Å². The molecular weight excluding hydrogens is 390 g/mol. The van der Waals surface area contributed by atoms with Crippen LogP contribution in [0, 0.1) is 6.92 Å². The number of aryl methyl sites for hydroxylation is 1. The van der Waals surface area contributed by atoms with E-state index in [0.29, 0.717) is 12.2 Å². The van der Waals surface area contributed by atoms with Gasteiger partial charge in [0.05, 0.1) is 12.6 Å². The third-order valence-electron chi connectivity index (χ3n) is 5.01. The Labute approximate surface area is 182 Å². The summed E-state index contributed by atoms with van der Waals surface area (Å²) in [7, 11) is 0. The van der Waals surface area contributed by atoms with Gasteiger partial charge in [0.15, 0.2) is 17.3 Å². The third kappa shape index (κ3) is 5.95. The normalized spacial score (nSPS) is 11.5. The number of ether oxygens (including phenoxy) is 1. The van der Waals surface area contributed by atoms with Crippen molar-refractivity contribution in [2.75, 3.05) is 6.61 Å². The number of phenols is 1. The summed E-state index contributed by atoms with van der Waals surface area (Å²) in [6, 6.07) is 22.0. The minimum Gasteiger partial charge on any atom is -0.504 e. The molecule has 1 atom stereocenters. The second-order valence-electron chi connectivity index (χ2n) is 7.36. The molecule has 5 nitrogen and oxygen atoms in total. The van der Waals surface area contributed by atoms with E-state index in [9.17, 15) is 14.7 Å². The van der Waals surface area contributed by atoms with Gasteiger partial charge in [-0.05, 0) is 43.2 Å². The monoisotopic (exact) mass is 417 g/mol. The molecule has 0 bridgehead atoms. The highest BCUT2D eigenvalue weighted by Crippen LogP contribution is 2.27. The van der Waals surface area contributed by atoms with E-state index in [1.54, 1.807) is 6.92 Å². The number of amides is 1. The number of benzene rings is 3. The predicted molar refractivity (Wildman–Crippen MR) is 120 cm³/mol. The van der Waals surface area contributed by atoms with Crippen molar-refractivity contribution >= 4 is 11.7 Å². The van der Waals surface area contributed by atoms with Gasteiger partial charge in [-0.2, -0.15) is 0 Å². The lowest BCUT2D eigenvalue weighted by Crippen LogP contribution is -2.29. The average molecular weight is 418 g/mol. The molecule has 0 fully saturated rings. The van der Waals surface area contributed by atoms with Crippen LogP contribution in [0.1, 0.15) is 52.9 Å². The quantitative estimate of drug-likeness (QED) is 0.482. The average Bonchev–Trinajstić information content (AvgIpc) is 2.79. The molecule has 2 N–H and O–H groups in total. The summed E-state index contributed by atoms with van der Waals surface area (Å²) in [5.41, 5.74) is 3.52. The molecule has 3 aromatic carbocycles. The summed E-state index contributed by atoms with van der Waals surface area (Å²) in [5, 5.41) is 12.9. The predicted octanol–water partition coefficient (Wildman–Crippen LogP) is 4.97. The van der Waals surface area contributed by atoms with Gasteiger partial charge in [-0.1, -0.05) is 60.2 Å². The van der Waals surface area contributed by atoms with Gasteiger partial charge in [0.1, 0.15) is 0 Å². The number of aromatic hydroxyl groups is 1. The van der Waals surface area contributed by atoms with Gasteiger partial charge in [-0.25, -0.2) is 0 Å². The topological polar surface area (TPSA) is 75.6 Å². The number of carbonyl (C=O) groups is 2. The molecule has 0 radical (unpaired) electrons. The van der Waals surface area contributed by atoms with Gasteiger partial charge in [0.2, 0.25) is 5.91 Å². The molecule has 0 spiro atoms. The molecule has 31 heavy (non-hydrogen) atoms. The summed E-state index contributed by atoms with van der Waals surface area (Å²) in [5.74, 6) is -0.129. The second kappa shape index (κ2) is 10.4. The van der Waals surface area contributed by atoms with E-state index in [4.69, 9.17) is 4.74 Å². The lowest BCUT2D eigenvalue weighted by atomic mass is 9.97. The van der Waals surface area contributed by atoms with Gasteiger partial charge < -0.3 is 15.2 Å².